The average Bonchev–Trinajstić information content (AvgIpc) is 2.70. The molecule has 7 heteroatoms. The van der Waals surface area contributed by atoms with Gasteiger partial charge in [0.15, 0.2) is 0 Å². The van der Waals surface area contributed by atoms with Crippen LogP contribution in [-0.4, -0.2) is 37.8 Å². The Kier molecular flexibility index (Phi) is 8.15. The molecule has 156 valence electrons. The second-order valence-corrected chi connectivity index (χ2v) is 7.67. The summed E-state index contributed by atoms with van der Waals surface area (Å²) < 4.78 is 5.85. The molecule has 2 amide bonds. The minimum Gasteiger partial charge on any atom is -0.494 e. The molecule has 0 aromatic heterocycles. The Hall–Kier alpha value is -2.93. The number of ether oxygens (including phenoxy) is 1. The predicted octanol–water partition coefficient (Wildman–Crippen LogP) is 2.59. The lowest BCUT2D eigenvalue weighted by Gasteiger charge is -2.17. The Morgan fingerprint density at radius 3 is 2.59 bits per heavy atom. The van der Waals surface area contributed by atoms with Gasteiger partial charge in [-0.3, -0.25) is 20.4 Å². The summed E-state index contributed by atoms with van der Waals surface area (Å²) in [5, 5.41) is 4.94. The van der Waals surface area contributed by atoms with E-state index in [0.717, 1.165) is 36.4 Å². The van der Waals surface area contributed by atoms with Gasteiger partial charge in [-0.05, 0) is 42.3 Å². The summed E-state index contributed by atoms with van der Waals surface area (Å²) in [5.74, 6) is -0.143. The van der Waals surface area contributed by atoms with Crippen LogP contribution in [0.5, 0.6) is 5.75 Å². The van der Waals surface area contributed by atoms with Crippen molar-refractivity contribution in [1.82, 2.24) is 16.2 Å². The van der Waals surface area contributed by atoms with Gasteiger partial charge >= 0.3 is 0 Å². The number of carbonyl (C=O) groups excluding carboxylic acids is 3. The molecule has 0 aliphatic carbocycles. The van der Waals surface area contributed by atoms with Gasteiger partial charge in [0.05, 0.1) is 12.2 Å². The molecule has 0 heterocycles. The molecule has 0 aliphatic heterocycles. The smallest absolute Gasteiger partial charge is 0.270 e. The van der Waals surface area contributed by atoms with E-state index in [2.05, 4.69) is 16.2 Å². The van der Waals surface area contributed by atoms with Crippen LogP contribution in [0.1, 0.15) is 44.0 Å². The first-order valence-electron chi connectivity index (χ1n) is 9.72. The number of nitrogens with one attached hydrogen (secondary N) is 3. The van der Waals surface area contributed by atoms with Gasteiger partial charge in [-0.2, -0.15) is 0 Å². The van der Waals surface area contributed by atoms with Crippen molar-refractivity contribution in [2.24, 2.45) is 5.41 Å². The Bertz CT molecular complexity index is 864. The monoisotopic (exact) mass is 399 g/mol. The summed E-state index contributed by atoms with van der Waals surface area (Å²) in [5.41, 5.74) is 4.79. The first-order valence-corrected chi connectivity index (χ1v) is 9.72. The Morgan fingerprint density at radius 1 is 1.10 bits per heavy atom. The summed E-state index contributed by atoms with van der Waals surface area (Å²) in [6, 6.07) is 11.1. The van der Waals surface area contributed by atoms with Crippen LogP contribution in [0.2, 0.25) is 0 Å². The highest BCUT2D eigenvalue weighted by Gasteiger charge is 2.15. The van der Waals surface area contributed by atoms with Gasteiger partial charge < -0.3 is 14.8 Å². The number of unbranched alkanes of at least 4 members (excludes halogenated alkanes) is 1. The summed E-state index contributed by atoms with van der Waals surface area (Å²) in [6.45, 7) is 7.10. The summed E-state index contributed by atoms with van der Waals surface area (Å²) in [7, 11) is 0. The van der Waals surface area contributed by atoms with Crippen molar-refractivity contribution in [3.8, 4) is 5.75 Å². The molecule has 0 fully saturated rings. The second-order valence-electron chi connectivity index (χ2n) is 7.67. The molecule has 0 saturated heterocycles. The number of hydrogen-bond acceptors (Lipinski definition) is 5. The summed E-state index contributed by atoms with van der Waals surface area (Å²) in [4.78, 5) is 34.4. The van der Waals surface area contributed by atoms with Gasteiger partial charge in [-0.1, -0.05) is 38.1 Å². The average molecular weight is 399 g/mol. The lowest BCUT2D eigenvalue weighted by atomic mass is 9.96. The third-order valence-corrected chi connectivity index (χ3v) is 4.35. The molecule has 0 bridgehead atoms. The number of hydrazine groups is 1. The largest absolute Gasteiger partial charge is 0.494 e. The van der Waals surface area contributed by atoms with Crippen LogP contribution in [0.25, 0.3) is 10.8 Å². The molecular formula is C22H29N3O4. The van der Waals surface area contributed by atoms with Crippen molar-refractivity contribution < 1.29 is 19.1 Å². The lowest BCUT2D eigenvalue weighted by Crippen LogP contribution is -2.40. The molecular weight excluding hydrogens is 370 g/mol. The van der Waals surface area contributed by atoms with Crippen molar-refractivity contribution in [3.05, 3.63) is 42.0 Å². The number of aldehydes is 1. The van der Waals surface area contributed by atoms with Crippen molar-refractivity contribution >= 4 is 28.9 Å². The van der Waals surface area contributed by atoms with E-state index < -0.39 is 5.91 Å². The zero-order valence-electron chi connectivity index (χ0n) is 17.2. The number of amides is 2. The summed E-state index contributed by atoms with van der Waals surface area (Å²) in [6.07, 6.45) is 2.72. The number of rotatable bonds is 10. The minimum atomic E-state index is -0.399. The van der Waals surface area contributed by atoms with E-state index in [9.17, 15) is 14.4 Å². The topological polar surface area (TPSA) is 96.5 Å². The number of fused-ring (bicyclic) bond motifs is 1. The predicted molar refractivity (Wildman–Crippen MR) is 113 cm³/mol. The molecule has 0 atom stereocenters. The minimum absolute atomic E-state index is 0.347. The van der Waals surface area contributed by atoms with Crippen LogP contribution in [0.15, 0.2) is 36.4 Å². The van der Waals surface area contributed by atoms with Crippen LogP contribution < -0.4 is 20.9 Å². The molecule has 0 aliphatic rings. The third kappa shape index (κ3) is 7.19. The zero-order valence-corrected chi connectivity index (χ0v) is 17.2. The molecule has 7 nitrogen and oxygen atoms in total. The molecule has 2 aromatic rings. The van der Waals surface area contributed by atoms with Crippen molar-refractivity contribution in [2.45, 2.75) is 33.6 Å². The van der Waals surface area contributed by atoms with Gasteiger partial charge in [0.2, 0.25) is 5.91 Å². The fourth-order valence-corrected chi connectivity index (χ4v) is 2.76. The van der Waals surface area contributed by atoms with E-state index in [-0.39, 0.29) is 11.3 Å². The van der Waals surface area contributed by atoms with Gasteiger partial charge in [0, 0.05) is 18.9 Å². The number of carbonyl (C=O) groups is 3. The van der Waals surface area contributed by atoms with Gasteiger partial charge in [-0.15, -0.1) is 0 Å². The SMILES string of the molecule is CC(=O)NNC(=O)c1cc(OCCCCNCC(C)(C)C=O)cc2ccccc12. The van der Waals surface area contributed by atoms with Crippen LogP contribution in [0.4, 0.5) is 0 Å². The molecule has 0 saturated carbocycles. The van der Waals surface area contributed by atoms with E-state index in [1.807, 2.05) is 44.2 Å². The normalized spacial score (nSPS) is 11.1. The van der Waals surface area contributed by atoms with E-state index >= 15 is 0 Å². The van der Waals surface area contributed by atoms with E-state index in [4.69, 9.17) is 4.74 Å². The van der Waals surface area contributed by atoms with Gasteiger partial charge in [0.1, 0.15) is 12.0 Å². The Morgan fingerprint density at radius 2 is 1.86 bits per heavy atom. The maximum absolute atomic E-state index is 12.5. The highest BCUT2D eigenvalue weighted by Crippen LogP contribution is 2.25. The maximum Gasteiger partial charge on any atom is 0.270 e. The molecule has 3 N–H and O–H groups in total. The van der Waals surface area contributed by atoms with Crippen molar-refractivity contribution in [2.75, 3.05) is 19.7 Å². The Labute approximate surface area is 171 Å². The number of benzene rings is 2. The van der Waals surface area contributed by atoms with Gasteiger partial charge in [-0.25, -0.2) is 0 Å². The maximum atomic E-state index is 12.5. The van der Waals surface area contributed by atoms with Gasteiger partial charge in [0.25, 0.3) is 5.91 Å². The van der Waals surface area contributed by atoms with Crippen molar-refractivity contribution in [3.63, 3.8) is 0 Å². The second kappa shape index (κ2) is 10.6. The lowest BCUT2D eigenvalue weighted by molar-refractivity contribution is -0.119. The third-order valence-electron chi connectivity index (χ3n) is 4.35. The standard InChI is InChI=1S/C22H29N3O4/c1-16(27)24-25-21(28)20-13-18(12-17-8-4-5-9-19(17)20)29-11-7-6-10-23-14-22(2,3)15-26/h4-5,8-9,12-13,15,23H,6-7,10-11,14H2,1-3H3,(H,24,27)(H,25,28). The van der Waals surface area contributed by atoms with E-state index in [1.165, 1.54) is 6.92 Å². The Balaban J connectivity index is 1.93. The zero-order chi connectivity index (χ0) is 21.3. The molecule has 29 heavy (non-hydrogen) atoms. The molecule has 2 aromatic carbocycles. The summed E-state index contributed by atoms with van der Waals surface area (Å²) >= 11 is 0. The van der Waals surface area contributed by atoms with Crippen LogP contribution in [0.3, 0.4) is 0 Å². The van der Waals surface area contributed by atoms with Crippen molar-refractivity contribution in [1.29, 1.82) is 0 Å². The first-order chi connectivity index (χ1) is 13.8. The molecule has 0 spiro atoms. The number of hydrogen-bond donors (Lipinski definition) is 3. The first kappa shape index (κ1) is 22.4. The molecule has 0 radical (unpaired) electrons. The highest BCUT2D eigenvalue weighted by atomic mass is 16.5. The molecule has 2 rings (SSSR count). The van der Waals surface area contributed by atoms with E-state index in [0.29, 0.717) is 24.5 Å². The fraction of sp³-hybridized carbons (Fsp3) is 0.409. The fourth-order valence-electron chi connectivity index (χ4n) is 2.76. The molecule has 0 unspecified atom stereocenters. The quantitative estimate of drug-likeness (QED) is 0.324. The van der Waals surface area contributed by atoms with Crippen LogP contribution in [0, 0.1) is 5.41 Å². The van der Waals surface area contributed by atoms with E-state index in [1.54, 1.807) is 6.07 Å². The van der Waals surface area contributed by atoms with Crippen LogP contribution in [-0.2, 0) is 9.59 Å². The van der Waals surface area contributed by atoms with Crippen LogP contribution >= 0.6 is 0 Å². The highest BCUT2D eigenvalue weighted by molar-refractivity contribution is 6.08.